The molecule has 1 saturated carbocycles. The zero-order valence-electron chi connectivity index (χ0n) is 11.4. The lowest BCUT2D eigenvalue weighted by atomic mass is 9.96. The standard InChI is InChI=1S/C15H21IN2O/c1-18(11-12-6-5-7-13(16)10-12)15(19)17-14-8-3-2-4-9-14/h5-7,10,14H,2-4,8-9,11H2,1H3,(H,17,19). The minimum absolute atomic E-state index is 0.0470. The minimum Gasteiger partial charge on any atom is -0.335 e. The lowest BCUT2D eigenvalue weighted by Crippen LogP contribution is -2.43. The number of urea groups is 1. The summed E-state index contributed by atoms with van der Waals surface area (Å²) in [5.74, 6) is 0. The van der Waals surface area contributed by atoms with Crippen molar-refractivity contribution in [2.24, 2.45) is 0 Å². The van der Waals surface area contributed by atoms with Crippen molar-refractivity contribution in [3.8, 4) is 0 Å². The molecular weight excluding hydrogens is 351 g/mol. The predicted octanol–water partition coefficient (Wildman–Crippen LogP) is 3.77. The van der Waals surface area contributed by atoms with Crippen molar-refractivity contribution in [3.63, 3.8) is 0 Å². The molecule has 0 bridgehead atoms. The topological polar surface area (TPSA) is 32.3 Å². The van der Waals surface area contributed by atoms with Crippen molar-refractivity contribution in [2.45, 2.75) is 44.7 Å². The Balaban J connectivity index is 1.84. The molecule has 104 valence electrons. The van der Waals surface area contributed by atoms with E-state index in [9.17, 15) is 4.79 Å². The van der Waals surface area contributed by atoms with Gasteiger partial charge in [-0.05, 0) is 53.1 Å². The molecule has 0 saturated heterocycles. The van der Waals surface area contributed by atoms with Gasteiger partial charge in [0.05, 0.1) is 0 Å². The van der Waals surface area contributed by atoms with Crippen molar-refractivity contribution in [1.82, 2.24) is 10.2 Å². The van der Waals surface area contributed by atoms with Crippen LogP contribution in [0.3, 0.4) is 0 Å². The van der Waals surface area contributed by atoms with Crippen LogP contribution in [0.2, 0.25) is 0 Å². The third kappa shape index (κ3) is 4.67. The van der Waals surface area contributed by atoms with Crippen LogP contribution in [-0.2, 0) is 6.54 Å². The average molecular weight is 372 g/mol. The van der Waals surface area contributed by atoms with Crippen molar-refractivity contribution < 1.29 is 4.79 Å². The fraction of sp³-hybridized carbons (Fsp3) is 0.533. The van der Waals surface area contributed by atoms with E-state index in [1.165, 1.54) is 28.4 Å². The van der Waals surface area contributed by atoms with Crippen LogP contribution in [0.15, 0.2) is 24.3 Å². The number of halogens is 1. The smallest absolute Gasteiger partial charge is 0.317 e. The Labute approximate surface area is 128 Å². The number of nitrogens with one attached hydrogen (secondary N) is 1. The first-order valence-corrected chi connectivity index (χ1v) is 7.99. The van der Waals surface area contributed by atoms with Crippen LogP contribution in [0.1, 0.15) is 37.7 Å². The molecule has 19 heavy (non-hydrogen) atoms. The molecule has 3 nitrogen and oxygen atoms in total. The van der Waals surface area contributed by atoms with Gasteiger partial charge in [-0.3, -0.25) is 0 Å². The number of amides is 2. The van der Waals surface area contributed by atoms with Crippen molar-refractivity contribution in [2.75, 3.05) is 7.05 Å². The van der Waals surface area contributed by atoms with Gasteiger partial charge in [-0.1, -0.05) is 31.4 Å². The zero-order valence-corrected chi connectivity index (χ0v) is 13.5. The maximum absolute atomic E-state index is 12.1. The highest BCUT2D eigenvalue weighted by Crippen LogP contribution is 2.17. The summed E-state index contributed by atoms with van der Waals surface area (Å²) in [6.45, 7) is 0.662. The molecule has 0 unspecified atom stereocenters. The molecule has 1 aliphatic carbocycles. The molecule has 0 atom stereocenters. The van der Waals surface area contributed by atoms with Crippen LogP contribution in [0, 0.1) is 3.57 Å². The van der Waals surface area contributed by atoms with Gasteiger partial charge in [-0.2, -0.15) is 0 Å². The van der Waals surface area contributed by atoms with Gasteiger partial charge in [0.1, 0.15) is 0 Å². The zero-order chi connectivity index (χ0) is 13.7. The van der Waals surface area contributed by atoms with Gasteiger partial charge in [0.25, 0.3) is 0 Å². The fourth-order valence-electron chi connectivity index (χ4n) is 2.51. The lowest BCUT2D eigenvalue weighted by molar-refractivity contribution is 0.198. The second-order valence-corrected chi connectivity index (χ2v) is 6.52. The molecule has 1 aromatic carbocycles. The highest BCUT2D eigenvalue weighted by molar-refractivity contribution is 14.1. The third-order valence-electron chi connectivity index (χ3n) is 3.59. The molecule has 4 heteroatoms. The van der Waals surface area contributed by atoms with Gasteiger partial charge in [-0.25, -0.2) is 4.79 Å². The number of benzene rings is 1. The summed E-state index contributed by atoms with van der Waals surface area (Å²) in [5, 5.41) is 3.14. The highest BCUT2D eigenvalue weighted by Gasteiger charge is 2.17. The fourth-order valence-corrected chi connectivity index (χ4v) is 3.12. The Kier molecular flexibility index (Phi) is 5.48. The first-order chi connectivity index (χ1) is 9.15. The normalized spacial score (nSPS) is 16.1. The maximum Gasteiger partial charge on any atom is 0.317 e. The SMILES string of the molecule is CN(Cc1cccc(I)c1)C(=O)NC1CCCCC1. The molecule has 0 aromatic heterocycles. The molecule has 1 aromatic rings. The van der Waals surface area contributed by atoms with Crippen LogP contribution in [0.25, 0.3) is 0 Å². The van der Waals surface area contributed by atoms with Crippen LogP contribution >= 0.6 is 22.6 Å². The van der Waals surface area contributed by atoms with Crippen LogP contribution in [-0.4, -0.2) is 24.0 Å². The first-order valence-electron chi connectivity index (χ1n) is 6.91. The number of carbonyl (C=O) groups is 1. The first kappa shape index (κ1) is 14.6. The Hall–Kier alpha value is -0.780. The molecule has 1 N–H and O–H groups in total. The number of hydrogen-bond donors (Lipinski definition) is 1. The van der Waals surface area contributed by atoms with Gasteiger partial charge < -0.3 is 10.2 Å². The second-order valence-electron chi connectivity index (χ2n) is 5.27. The van der Waals surface area contributed by atoms with E-state index in [1.807, 2.05) is 13.1 Å². The van der Waals surface area contributed by atoms with Crippen LogP contribution < -0.4 is 5.32 Å². The molecule has 1 aliphatic rings. The van der Waals surface area contributed by atoms with Gasteiger partial charge in [-0.15, -0.1) is 0 Å². The van der Waals surface area contributed by atoms with Gasteiger partial charge in [0, 0.05) is 23.2 Å². The number of rotatable bonds is 3. The van der Waals surface area contributed by atoms with Crippen LogP contribution in [0.4, 0.5) is 4.79 Å². The minimum atomic E-state index is 0.0470. The summed E-state index contributed by atoms with van der Waals surface area (Å²) in [6.07, 6.45) is 6.05. The lowest BCUT2D eigenvalue weighted by Gasteiger charge is -2.26. The Morgan fingerprint density at radius 1 is 1.37 bits per heavy atom. The summed E-state index contributed by atoms with van der Waals surface area (Å²) in [4.78, 5) is 13.9. The molecule has 0 radical (unpaired) electrons. The second kappa shape index (κ2) is 7.12. The Morgan fingerprint density at radius 2 is 2.11 bits per heavy atom. The average Bonchev–Trinajstić information content (AvgIpc) is 2.40. The van der Waals surface area contributed by atoms with Crippen LogP contribution in [0.5, 0.6) is 0 Å². The van der Waals surface area contributed by atoms with E-state index >= 15 is 0 Å². The van der Waals surface area contributed by atoms with Crippen molar-refractivity contribution >= 4 is 28.6 Å². The molecule has 0 heterocycles. The van der Waals surface area contributed by atoms with Gasteiger partial charge in [0.2, 0.25) is 0 Å². The van der Waals surface area contributed by atoms with E-state index in [-0.39, 0.29) is 6.03 Å². The molecule has 0 aliphatic heterocycles. The summed E-state index contributed by atoms with van der Waals surface area (Å²) in [5.41, 5.74) is 1.17. The van der Waals surface area contributed by atoms with E-state index in [0.717, 1.165) is 12.8 Å². The quantitative estimate of drug-likeness (QED) is 0.805. The maximum atomic E-state index is 12.1. The number of carbonyl (C=O) groups excluding carboxylic acids is 1. The summed E-state index contributed by atoms with van der Waals surface area (Å²) >= 11 is 2.29. The summed E-state index contributed by atoms with van der Waals surface area (Å²) in [6, 6.07) is 8.69. The molecule has 2 amide bonds. The van der Waals surface area contributed by atoms with Crippen molar-refractivity contribution in [3.05, 3.63) is 33.4 Å². The molecule has 0 spiro atoms. The highest BCUT2D eigenvalue weighted by atomic mass is 127. The van der Waals surface area contributed by atoms with E-state index in [1.54, 1.807) is 4.90 Å². The predicted molar refractivity (Wildman–Crippen MR) is 86.0 cm³/mol. The van der Waals surface area contributed by atoms with E-state index in [4.69, 9.17) is 0 Å². The van der Waals surface area contributed by atoms with Crippen molar-refractivity contribution in [1.29, 1.82) is 0 Å². The van der Waals surface area contributed by atoms with E-state index < -0.39 is 0 Å². The molecule has 1 fully saturated rings. The monoisotopic (exact) mass is 372 g/mol. The summed E-state index contributed by atoms with van der Waals surface area (Å²) in [7, 11) is 1.86. The number of hydrogen-bond acceptors (Lipinski definition) is 1. The third-order valence-corrected chi connectivity index (χ3v) is 4.26. The summed E-state index contributed by atoms with van der Waals surface area (Å²) < 4.78 is 1.20. The van der Waals surface area contributed by atoms with Gasteiger partial charge in [0.15, 0.2) is 0 Å². The van der Waals surface area contributed by atoms with E-state index in [2.05, 4.69) is 46.1 Å². The van der Waals surface area contributed by atoms with E-state index in [0.29, 0.717) is 12.6 Å². The largest absolute Gasteiger partial charge is 0.335 e. The number of nitrogens with zero attached hydrogens (tertiary/aromatic N) is 1. The Bertz CT molecular complexity index is 430. The molecular formula is C15H21IN2O. The molecule has 2 rings (SSSR count). The Morgan fingerprint density at radius 3 is 2.79 bits per heavy atom. The van der Waals surface area contributed by atoms with Gasteiger partial charge >= 0.3 is 6.03 Å².